The largest absolute Gasteiger partial charge is 0.383 e. The molecule has 1 aliphatic rings. The van der Waals surface area contributed by atoms with Crippen molar-refractivity contribution >= 4 is 11.8 Å². The van der Waals surface area contributed by atoms with E-state index < -0.39 is 0 Å². The Morgan fingerprint density at radius 1 is 1.60 bits per heavy atom. The predicted octanol–water partition coefficient (Wildman–Crippen LogP) is 1.05. The molecule has 4 heteroatoms. The van der Waals surface area contributed by atoms with Crippen molar-refractivity contribution in [1.82, 2.24) is 10.2 Å². The molecule has 0 aromatic carbocycles. The Bertz CT molecular complexity index is 169. The normalized spacial score (nSPS) is 25.4. The molecule has 2 atom stereocenters. The summed E-state index contributed by atoms with van der Waals surface area (Å²) in [6, 6.07) is 0.464. The molecule has 0 aromatic heterocycles. The molecule has 1 saturated heterocycles. The monoisotopic (exact) mass is 232 g/mol. The quantitative estimate of drug-likeness (QED) is 0.740. The Morgan fingerprint density at radius 3 is 3.07 bits per heavy atom. The highest BCUT2D eigenvalue weighted by Gasteiger charge is 2.15. The fraction of sp³-hybridized carbons (Fsp3) is 1.00. The molecule has 1 heterocycles. The van der Waals surface area contributed by atoms with E-state index >= 15 is 0 Å². The van der Waals surface area contributed by atoms with Crippen molar-refractivity contribution in [3.05, 3.63) is 0 Å². The lowest BCUT2D eigenvalue weighted by molar-refractivity contribution is 0.169. The standard InChI is InChI=1S/C11H24N2OS/c1-10(9-14-3)12-4-5-13-6-7-15-11(2)8-13/h10-12H,4-9H2,1-3H3. The maximum absolute atomic E-state index is 5.08. The minimum Gasteiger partial charge on any atom is -0.383 e. The van der Waals surface area contributed by atoms with E-state index in [0.717, 1.165) is 18.4 Å². The molecule has 1 rings (SSSR count). The molecule has 3 nitrogen and oxygen atoms in total. The van der Waals surface area contributed by atoms with Crippen LogP contribution in [0.5, 0.6) is 0 Å². The first-order chi connectivity index (χ1) is 7.22. The van der Waals surface area contributed by atoms with Gasteiger partial charge in [0.1, 0.15) is 0 Å². The molecular weight excluding hydrogens is 208 g/mol. The first-order valence-corrected chi connectivity index (χ1v) is 6.83. The smallest absolute Gasteiger partial charge is 0.0613 e. The fourth-order valence-electron chi connectivity index (χ4n) is 1.87. The highest BCUT2D eigenvalue weighted by Crippen LogP contribution is 2.16. The lowest BCUT2D eigenvalue weighted by Gasteiger charge is -2.30. The van der Waals surface area contributed by atoms with Crippen LogP contribution in [0.15, 0.2) is 0 Å². The average molecular weight is 232 g/mol. The third kappa shape index (κ3) is 5.76. The molecule has 0 spiro atoms. The van der Waals surface area contributed by atoms with Crippen LogP contribution in [0.3, 0.4) is 0 Å². The first kappa shape index (κ1) is 13.3. The van der Waals surface area contributed by atoms with Gasteiger partial charge in [-0.2, -0.15) is 11.8 Å². The molecule has 0 amide bonds. The van der Waals surface area contributed by atoms with Crippen molar-refractivity contribution < 1.29 is 4.74 Å². The van der Waals surface area contributed by atoms with E-state index in [2.05, 4.69) is 35.8 Å². The molecule has 0 aliphatic carbocycles. The van der Waals surface area contributed by atoms with Crippen molar-refractivity contribution in [1.29, 1.82) is 0 Å². The summed E-state index contributed by atoms with van der Waals surface area (Å²) in [5.41, 5.74) is 0. The topological polar surface area (TPSA) is 24.5 Å². The lowest BCUT2D eigenvalue weighted by atomic mass is 10.3. The van der Waals surface area contributed by atoms with Gasteiger partial charge < -0.3 is 15.0 Å². The molecule has 1 N–H and O–H groups in total. The Labute approximate surface area is 97.9 Å². The molecule has 2 unspecified atom stereocenters. The first-order valence-electron chi connectivity index (χ1n) is 5.78. The van der Waals surface area contributed by atoms with E-state index in [1.54, 1.807) is 7.11 Å². The van der Waals surface area contributed by atoms with Crippen molar-refractivity contribution in [2.24, 2.45) is 0 Å². The number of thioether (sulfide) groups is 1. The van der Waals surface area contributed by atoms with Crippen LogP contribution in [0.1, 0.15) is 13.8 Å². The molecule has 0 aromatic rings. The highest BCUT2D eigenvalue weighted by atomic mass is 32.2. The zero-order valence-electron chi connectivity index (χ0n) is 10.2. The minimum absolute atomic E-state index is 0.464. The molecular formula is C11H24N2OS. The van der Waals surface area contributed by atoms with Crippen LogP contribution in [0.4, 0.5) is 0 Å². The van der Waals surface area contributed by atoms with Gasteiger partial charge in [-0.1, -0.05) is 6.92 Å². The SMILES string of the molecule is COCC(C)NCCN1CCSC(C)C1. The average Bonchev–Trinajstić information content (AvgIpc) is 2.18. The lowest BCUT2D eigenvalue weighted by Crippen LogP contribution is -2.42. The summed E-state index contributed by atoms with van der Waals surface area (Å²) in [7, 11) is 1.75. The summed E-state index contributed by atoms with van der Waals surface area (Å²) < 4.78 is 5.08. The van der Waals surface area contributed by atoms with Gasteiger partial charge in [0.2, 0.25) is 0 Å². The van der Waals surface area contributed by atoms with Gasteiger partial charge in [0, 0.05) is 50.3 Å². The number of rotatable bonds is 6. The van der Waals surface area contributed by atoms with Crippen LogP contribution in [0.25, 0.3) is 0 Å². The van der Waals surface area contributed by atoms with Crippen LogP contribution < -0.4 is 5.32 Å². The molecule has 0 bridgehead atoms. The van der Waals surface area contributed by atoms with Gasteiger partial charge in [-0.25, -0.2) is 0 Å². The van der Waals surface area contributed by atoms with Crippen molar-refractivity contribution in [2.45, 2.75) is 25.1 Å². The second kappa shape index (κ2) is 7.49. The van der Waals surface area contributed by atoms with Crippen LogP contribution in [0, 0.1) is 0 Å². The van der Waals surface area contributed by atoms with Crippen molar-refractivity contribution in [3.8, 4) is 0 Å². The summed E-state index contributed by atoms with van der Waals surface area (Å²) >= 11 is 2.09. The summed E-state index contributed by atoms with van der Waals surface area (Å²) in [6.07, 6.45) is 0. The molecule has 0 radical (unpaired) electrons. The van der Waals surface area contributed by atoms with E-state index in [1.165, 1.54) is 25.4 Å². The summed E-state index contributed by atoms with van der Waals surface area (Å²) in [5, 5.41) is 4.27. The molecule has 1 fully saturated rings. The number of ether oxygens (including phenoxy) is 1. The zero-order valence-corrected chi connectivity index (χ0v) is 11.0. The maximum Gasteiger partial charge on any atom is 0.0613 e. The number of hydrogen-bond donors (Lipinski definition) is 1. The van der Waals surface area contributed by atoms with E-state index in [4.69, 9.17) is 4.74 Å². The maximum atomic E-state index is 5.08. The Kier molecular flexibility index (Phi) is 6.64. The predicted molar refractivity (Wildman–Crippen MR) is 67.7 cm³/mol. The molecule has 15 heavy (non-hydrogen) atoms. The second-order valence-electron chi connectivity index (χ2n) is 4.29. The third-order valence-electron chi connectivity index (χ3n) is 2.66. The van der Waals surface area contributed by atoms with Gasteiger partial charge in [-0.05, 0) is 6.92 Å². The van der Waals surface area contributed by atoms with Crippen LogP contribution in [0.2, 0.25) is 0 Å². The van der Waals surface area contributed by atoms with Gasteiger partial charge >= 0.3 is 0 Å². The summed E-state index contributed by atoms with van der Waals surface area (Å²) in [4.78, 5) is 2.55. The van der Waals surface area contributed by atoms with Gasteiger partial charge in [-0.15, -0.1) is 0 Å². The molecule has 0 saturated carbocycles. The molecule has 1 aliphatic heterocycles. The van der Waals surface area contributed by atoms with Crippen LogP contribution in [-0.2, 0) is 4.74 Å². The van der Waals surface area contributed by atoms with Crippen molar-refractivity contribution in [2.75, 3.05) is 45.6 Å². The number of hydrogen-bond acceptors (Lipinski definition) is 4. The number of nitrogens with one attached hydrogen (secondary N) is 1. The number of nitrogens with zero attached hydrogens (tertiary/aromatic N) is 1. The summed E-state index contributed by atoms with van der Waals surface area (Å²) in [6.45, 7) is 10.0. The third-order valence-corrected chi connectivity index (χ3v) is 3.80. The summed E-state index contributed by atoms with van der Waals surface area (Å²) in [5.74, 6) is 1.29. The second-order valence-corrected chi connectivity index (χ2v) is 5.84. The van der Waals surface area contributed by atoms with E-state index in [9.17, 15) is 0 Å². The van der Waals surface area contributed by atoms with Crippen LogP contribution >= 0.6 is 11.8 Å². The Hall–Kier alpha value is 0.230. The van der Waals surface area contributed by atoms with E-state index in [1.807, 2.05) is 0 Å². The van der Waals surface area contributed by atoms with Gasteiger partial charge in [0.25, 0.3) is 0 Å². The highest BCUT2D eigenvalue weighted by molar-refractivity contribution is 7.99. The number of methoxy groups -OCH3 is 1. The Balaban J connectivity index is 2.03. The van der Waals surface area contributed by atoms with E-state index in [-0.39, 0.29) is 0 Å². The van der Waals surface area contributed by atoms with Crippen LogP contribution in [-0.4, -0.2) is 61.8 Å². The zero-order chi connectivity index (χ0) is 11.1. The van der Waals surface area contributed by atoms with E-state index in [0.29, 0.717) is 6.04 Å². The fourth-order valence-corrected chi connectivity index (χ4v) is 2.95. The van der Waals surface area contributed by atoms with Gasteiger partial charge in [0.15, 0.2) is 0 Å². The van der Waals surface area contributed by atoms with Gasteiger partial charge in [0.05, 0.1) is 6.61 Å². The Morgan fingerprint density at radius 2 is 2.40 bits per heavy atom. The minimum atomic E-state index is 0.464. The van der Waals surface area contributed by atoms with Gasteiger partial charge in [-0.3, -0.25) is 0 Å². The van der Waals surface area contributed by atoms with Crippen molar-refractivity contribution in [3.63, 3.8) is 0 Å². The molecule has 90 valence electrons.